The minimum Gasteiger partial charge on any atom is -0.391 e. The first-order valence-electron chi connectivity index (χ1n) is 14.0. The van der Waals surface area contributed by atoms with E-state index in [4.69, 9.17) is 16.4 Å². The van der Waals surface area contributed by atoms with Gasteiger partial charge in [-0.05, 0) is 68.1 Å². The van der Waals surface area contributed by atoms with Crippen LogP contribution in [0.25, 0.3) is 0 Å². The number of benzene rings is 1. The third-order valence-corrected chi connectivity index (χ3v) is 11.9. The smallest absolute Gasteiger partial charge is 0.192 e. The number of carbonyl (C=O) groups is 2. The number of rotatable bonds is 6. The van der Waals surface area contributed by atoms with E-state index in [1.54, 1.807) is 12.2 Å². The zero-order valence-electron chi connectivity index (χ0n) is 22.2. The van der Waals surface area contributed by atoms with Gasteiger partial charge in [-0.15, -0.1) is 11.6 Å². The molecule has 6 nitrogen and oxygen atoms in total. The van der Waals surface area contributed by atoms with Crippen LogP contribution >= 0.6 is 11.6 Å². The van der Waals surface area contributed by atoms with Crippen LogP contribution in [0.4, 0.5) is 0 Å². The molecule has 1 aromatic rings. The molecule has 0 amide bonds. The Balaban J connectivity index is 1.30. The highest BCUT2D eigenvalue weighted by molar-refractivity contribution is 6.26. The highest BCUT2D eigenvalue weighted by Crippen LogP contribution is 2.73. The van der Waals surface area contributed by atoms with Gasteiger partial charge in [0.15, 0.2) is 17.2 Å². The fourth-order valence-corrected chi connectivity index (χ4v) is 9.71. The van der Waals surface area contributed by atoms with Crippen molar-refractivity contribution in [3.8, 4) is 0 Å². The van der Waals surface area contributed by atoms with Crippen molar-refractivity contribution in [3.05, 3.63) is 59.7 Å². The average molecular weight is 540 g/mol. The van der Waals surface area contributed by atoms with Crippen LogP contribution in [-0.4, -0.2) is 63.1 Å². The molecule has 1 saturated heterocycles. The summed E-state index contributed by atoms with van der Waals surface area (Å²) in [6.07, 6.45) is 8.64. The van der Waals surface area contributed by atoms with Gasteiger partial charge < -0.3 is 10.2 Å². The molecule has 0 bridgehead atoms. The number of hydroxylamine groups is 2. The number of aryl methyl sites for hydroxylation is 1. The van der Waals surface area contributed by atoms with Crippen molar-refractivity contribution in [1.82, 2.24) is 5.06 Å². The maximum Gasteiger partial charge on any atom is 0.192 e. The Morgan fingerprint density at radius 1 is 1.21 bits per heavy atom. The second kappa shape index (κ2) is 9.10. The van der Waals surface area contributed by atoms with Gasteiger partial charge in [-0.1, -0.05) is 55.8 Å². The molecule has 0 unspecified atom stereocenters. The van der Waals surface area contributed by atoms with Crippen molar-refractivity contribution in [2.75, 3.05) is 19.7 Å². The number of fused-ring (bicyclic) bond motifs is 7. The zero-order chi connectivity index (χ0) is 26.9. The lowest BCUT2D eigenvalue weighted by Gasteiger charge is -2.64. The molecule has 4 fully saturated rings. The van der Waals surface area contributed by atoms with Gasteiger partial charge in [-0.2, -0.15) is 5.06 Å². The number of aliphatic hydroxyl groups excluding tert-OH is 2. The number of hydrogen-bond acceptors (Lipinski definition) is 6. The third-order valence-electron chi connectivity index (χ3n) is 11.0. The number of halogens is 1. The quantitative estimate of drug-likeness (QED) is 0.531. The molecule has 204 valence electrons. The van der Waals surface area contributed by atoms with Crippen LogP contribution in [-0.2, 0) is 20.8 Å². The lowest BCUT2D eigenvalue weighted by atomic mass is 9.45. The predicted molar refractivity (Wildman–Crippen MR) is 144 cm³/mol. The number of alkyl halides is 1. The normalized spacial score (nSPS) is 43.7. The van der Waals surface area contributed by atoms with Gasteiger partial charge >= 0.3 is 0 Å². The first-order valence-corrected chi connectivity index (χ1v) is 14.4. The lowest BCUT2D eigenvalue weighted by molar-refractivity contribution is -0.249. The predicted octanol–water partition coefficient (Wildman–Crippen LogP) is 4.03. The molecule has 38 heavy (non-hydrogen) atoms. The van der Waals surface area contributed by atoms with Crippen molar-refractivity contribution < 1.29 is 24.6 Å². The van der Waals surface area contributed by atoms with Crippen molar-refractivity contribution >= 4 is 23.2 Å². The minimum absolute atomic E-state index is 0.0324. The van der Waals surface area contributed by atoms with Crippen LogP contribution in [0.2, 0.25) is 0 Å². The summed E-state index contributed by atoms with van der Waals surface area (Å²) in [7, 11) is 0. The summed E-state index contributed by atoms with van der Waals surface area (Å²) in [6.45, 7) is 4.86. The Kier molecular flexibility index (Phi) is 6.32. The summed E-state index contributed by atoms with van der Waals surface area (Å²) in [5.41, 5.74) is -0.221. The van der Waals surface area contributed by atoms with Crippen LogP contribution in [0.3, 0.4) is 0 Å². The van der Waals surface area contributed by atoms with Gasteiger partial charge in [0.05, 0.1) is 11.0 Å². The SMILES string of the molecule is C[C@]12C=CC(=O)C=C1CC[C@H]1[C@@H]3C[C@H]4CN(CCCc5ccccc5)O[C@@]4(C(=O)CO)[C@@]3(C)C[C@H](O)[C@@]12Cl. The van der Waals surface area contributed by atoms with Gasteiger partial charge in [-0.3, -0.25) is 14.4 Å². The molecular weight excluding hydrogens is 502 g/mol. The highest BCUT2D eigenvalue weighted by Gasteiger charge is 2.77. The second-order valence-corrected chi connectivity index (χ2v) is 13.2. The summed E-state index contributed by atoms with van der Waals surface area (Å²) in [5, 5.41) is 23.9. The Bertz CT molecular complexity index is 1200. The summed E-state index contributed by atoms with van der Waals surface area (Å²) in [6, 6.07) is 10.3. The van der Waals surface area contributed by atoms with E-state index in [1.807, 2.05) is 36.3 Å². The number of carbonyl (C=O) groups excluding carboxylic acids is 2. The van der Waals surface area contributed by atoms with Gasteiger partial charge in [0.2, 0.25) is 0 Å². The Morgan fingerprint density at radius 2 is 1.97 bits per heavy atom. The van der Waals surface area contributed by atoms with E-state index in [2.05, 4.69) is 19.1 Å². The zero-order valence-corrected chi connectivity index (χ0v) is 23.0. The minimum atomic E-state index is -1.17. The molecule has 0 spiro atoms. The molecule has 5 aliphatic rings. The maximum absolute atomic E-state index is 13.6. The fourth-order valence-electron chi connectivity index (χ4n) is 9.18. The van der Waals surface area contributed by atoms with Crippen LogP contribution in [0.1, 0.15) is 51.5 Å². The topological polar surface area (TPSA) is 87.1 Å². The number of hydrogen-bond donors (Lipinski definition) is 2. The molecule has 3 saturated carbocycles. The van der Waals surface area contributed by atoms with E-state index < -0.39 is 34.0 Å². The van der Waals surface area contributed by atoms with E-state index in [-0.39, 0.29) is 29.3 Å². The van der Waals surface area contributed by atoms with E-state index in [0.29, 0.717) is 19.5 Å². The molecule has 2 N–H and O–H groups in total. The second-order valence-electron chi connectivity index (χ2n) is 12.6. The van der Waals surface area contributed by atoms with Crippen molar-refractivity contribution in [3.63, 3.8) is 0 Å². The third kappa shape index (κ3) is 3.40. The van der Waals surface area contributed by atoms with Crippen LogP contribution in [0.5, 0.6) is 0 Å². The van der Waals surface area contributed by atoms with E-state index >= 15 is 0 Å². The number of aliphatic hydroxyl groups is 2. The molecular formula is C31H38ClNO5. The molecule has 0 radical (unpaired) electrons. The highest BCUT2D eigenvalue weighted by atomic mass is 35.5. The van der Waals surface area contributed by atoms with Crippen molar-refractivity contribution in [2.45, 2.75) is 69.0 Å². The first kappa shape index (κ1) is 26.4. The van der Waals surface area contributed by atoms with Crippen molar-refractivity contribution in [2.24, 2.45) is 28.6 Å². The molecule has 1 heterocycles. The molecule has 4 aliphatic carbocycles. The Labute approximate surface area is 229 Å². The maximum atomic E-state index is 13.6. The van der Waals surface area contributed by atoms with Gasteiger partial charge in [0.1, 0.15) is 6.61 Å². The van der Waals surface area contributed by atoms with Crippen LogP contribution < -0.4 is 0 Å². The molecule has 8 atom stereocenters. The monoisotopic (exact) mass is 539 g/mol. The van der Waals surface area contributed by atoms with E-state index in [0.717, 1.165) is 37.7 Å². The largest absolute Gasteiger partial charge is 0.391 e. The van der Waals surface area contributed by atoms with Crippen LogP contribution in [0.15, 0.2) is 54.1 Å². The number of Topliss-reactive ketones (excluding diaryl/α,β-unsaturated/α-hetero) is 1. The Morgan fingerprint density at radius 3 is 2.71 bits per heavy atom. The number of ketones is 2. The van der Waals surface area contributed by atoms with Crippen LogP contribution in [0, 0.1) is 28.6 Å². The molecule has 0 aromatic heterocycles. The summed E-state index contributed by atoms with van der Waals surface area (Å²) in [4.78, 5) is 31.4. The van der Waals surface area contributed by atoms with Crippen molar-refractivity contribution in [1.29, 1.82) is 0 Å². The summed E-state index contributed by atoms with van der Waals surface area (Å²) < 4.78 is 0. The first-order chi connectivity index (χ1) is 18.1. The number of nitrogens with zero attached hydrogens (tertiary/aromatic N) is 1. The fraction of sp³-hybridized carbons (Fsp3) is 0.613. The van der Waals surface area contributed by atoms with Gasteiger partial charge in [-0.25, -0.2) is 0 Å². The molecule has 1 aliphatic heterocycles. The standard InChI is InChI=1S/C31H38ClNO5/c1-28-13-12-23(35)15-21(28)10-11-24-25-16-22-18-33(14-6-9-20-7-4-3-5-8-20)38-31(22,27(37)19-34)29(25,2)17-26(36)30(24,28)32/h3-5,7-8,12-13,15,22,24-26,34,36H,6,9-11,14,16-19H2,1-2H3/t22-,24-,25-,26-,28-,29-,30-,31-/m0/s1. The van der Waals surface area contributed by atoms with E-state index in [1.165, 1.54) is 5.56 Å². The number of allylic oxidation sites excluding steroid dienone is 4. The van der Waals surface area contributed by atoms with Gasteiger partial charge in [0, 0.05) is 29.8 Å². The summed E-state index contributed by atoms with van der Waals surface area (Å²) >= 11 is 7.55. The average Bonchev–Trinajstić information content (AvgIpc) is 3.38. The lowest BCUT2D eigenvalue weighted by Crippen LogP contribution is -2.69. The molecule has 7 heteroatoms. The summed E-state index contributed by atoms with van der Waals surface area (Å²) in [5.74, 6) is -0.400. The van der Waals surface area contributed by atoms with Gasteiger partial charge in [0.25, 0.3) is 0 Å². The molecule has 6 rings (SSSR count). The van der Waals surface area contributed by atoms with E-state index in [9.17, 15) is 19.8 Å². The Hall–Kier alpha value is -1.83. The molecule has 1 aromatic carbocycles.